The number of allylic oxidation sites excluding steroid dienone is 4. The van der Waals surface area contributed by atoms with Crippen molar-refractivity contribution in [2.24, 2.45) is 29.1 Å². The van der Waals surface area contributed by atoms with E-state index in [-0.39, 0.29) is 35.6 Å². The Morgan fingerprint density at radius 2 is 1.30 bits per heavy atom. The first-order valence-corrected chi connectivity index (χ1v) is 21.3. The predicted molar refractivity (Wildman–Crippen MR) is 190 cm³/mol. The van der Waals surface area contributed by atoms with Gasteiger partial charge in [-0.1, -0.05) is 0 Å². The topological polar surface area (TPSA) is 0 Å². The average Bonchev–Trinajstić information content (AvgIpc) is 3.44. The molecule has 0 amide bonds. The Bertz CT molecular complexity index is 1610. The van der Waals surface area contributed by atoms with Crippen molar-refractivity contribution in [3.05, 3.63) is 75.4 Å². The maximum absolute atomic E-state index is 2.76. The molecule has 0 nitrogen and oxygen atoms in total. The molecule has 0 radical (unpaired) electrons. The van der Waals surface area contributed by atoms with Crippen molar-refractivity contribution in [1.29, 1.82) is 0 Å². The van der Waals surface area contributed by atoms with Crippen molar-refractivity contribution >= 4 is 8.78 Å². The number of rotatable bonds is 3. The zero-order valence-corrected chi connectivity index (χ0v) is 34.4. The maximum Gasteiger partial charge on any atom is -1.00 e. The zero-order valence-electron chi connectivity index (χ0n) is 30.4. The monoisotopic (exact) mass is 745 g/mol. The quantitative estimate of drug-likeness (QED) is 0.354. The second-order valence-electron chi connectivity index (χ2n) is 18.6. The normalized spacial score (nSPS) is 30.8. The number of halogens is 2. The molecule has 251 valence electrons. The molecule has 7 aliphatic rings. The van der Waals surface area contributed by atoms with E-state index in [1.807, 2.05) is 3.21 Å². The first-order valence-electron chi connectivity index (χ1n) is 18.7. The van der Waals surface area contributed by atoms with Gasteiger partial charge in [0.25, 0.3) is 0 Å². The van der Waals surface area contributed by atoms with Crippen LogP contribution in [0.3, 0.4) is 0 Å². The first kappa shape index (κ1) is 36.1. The van der Waals surface area contributed by atoms with Crippen LogP contribution in [0, 0.1) is 29.1 Å². The van der Waals surface area contributed by atoms with Crippen LogP contribution in [0.4, 0.5) is 0 Å². The summed E-state index contributed by atoms with van der Waals surface area (Å²) in [5.41, 5.74) is 17.0. The van der Waals surface area contributed by atoms with Gasteiger partial charge in [-0.25, -0.2) is 0 Å². The fourth-order valence-electron chi connectivity index (χ4n) is 11.5. The fourth-order valence-corrected chi connectivity index (χ4v) is 16.0. The summed E-state index contributed by atoms with van der Waals surface area (Å²) < 4.78 is 2.66. The van der Waals surface area contributed by atoms with Crippen molar-refractivity contribution in [3.8, 4) is 11.1 Å². The van der Waals surface area contributed by atoms with Crippen LogP contribution in [-0.4, -0.2) is 3.21 Å². The van der Waals surface area contributed by atoms with Crippen molar-refractivity contribution in [1.82, 2.24) is 0 Å². The molecule has 0 aromatic heterocycles. The number of hydrogen-bond donors (Lipinski definition) is 0. The first-order chi connectivity index (χ1) is 21.3. The maximum atomic E-state index is 2.76. The van der Waals surface area contributed by atoms with E-state index in [4.69, 9.17) is 0 Å². The standard InChI is InChI=1S/C38H47.C6H10.2ClH.Zr/c1-22-11-33(38-19-24-12-25(20-38)14-26(13-24)21-38)23(2)35(22)32-18-31-28(17-34(32)37(6,7)8)15-27-16-29(36(3,4)5)9-10-30(27)31;1-2-4-6-5-3-1;;;/h9-11,15-18,22,24-26H,12-14,19-21H2,1-8H3;1-5H2;2*1H;/q;;;;+2/p-2. The Balaban J connectivity index is 0.00000193. The van der Waals surface area contributed by atoms with Crippen molar-refractivity contribution in [2.45, 2.75) is 140 Å². The Hall–Kier alpha value is -0.747. The van der Waals surface area contributed by atoms with E-state index in [9.17, 15) is 0 Å². The predicted octanol–water partition coefficient (Wildman–Crippen LogP) is 6.14. The van der Waals surface area contributed by atoms with Crippen LogP contribution in [-0.2, 0) is 33.6 Å². The van der Waals surface area contributed by atoms with E-state index in [0.29, 0.717) is 15.0 Å². The van der Waals surface area contributed by atoms with Crippen LogP contribution in [0.25, 0.3) is 16.7 Å². The Kier molecular flexibility index (Phi) is 9.81. The Morgan fingerprint density at radius 1 is 0.702 bits per heavy atom. The van der Waals surface area contributed by atoms with E-state index in [1.165, 1.54) is 76.2 Å². The summed E-state index contributed by atoms with van der Waals surface area (Å²) in [5.74, 6) is 3.48. The van der Waals surface area contributed by atoms with E-state index >= 15 is 0 Å². The van der Waals surface area contributed by atoms with Crippen molar-refractivity contribution in [2.75, 3.05) is 0 Å². The molecule has 2 unspecified atom stereocenters. The molecule has 9 rings (SSSR count). The van der Waals surface area contributed by atoms with Gasteiger partial charge >= 0.3 is 288 Å². The second-order valence-corrected chi connectivity index (χ2v) is 22.5. The molecule has 0 heterocycles. The molecular formula is C44H57Cl2Zr. The molecule has 5 saturated carbocycles. The van der Waals surface area contributed by atoms with Crippen LogP contribution in [0.15, 0.2) is 47.6 Å². The van der Waals surface area contributed by atoms with Gasteiger partial charge in [-0.2, -0.15) is 0 Å². The van der Waals surface area contributed by atoms with Gasteiger partial charge in [0.15, 0.2) is 0 Å². The second kappa shape index (κ2) is 12.8. The molecule has 2 aromatic rings. The summed E-state index contributed by atoms with van der Waals surface area (Å²) >= 11 is -0.748. The van der Waals surface area contributed by atoms with E-state index in [2.05, 4.69) is 91.8 Å². The van der Waals surface area contributed by atoms with Gasteiger partial charge in [0, 0.05) is 0 Å². The molecule has 0 spiro atoms. The summed E-state index contributed by atoms with van der Waals surface area (Å²) in [6.07, 6.45) is 18.9. The van der Waals surface area contributed by atoms with Crippen LogP contribution in [0.1, 0.15) is 157 Å². The molecule has 0 N–H and O–H groups in total. The average molecular weight is 748 g/mol. The minimum Gasteiger partial charge on any atom is -1.00 e. The zero-order chi connectivity index (χ0) is 31.5. The fraction of sp³-hybridized carbons (Fsp3) is 0.614. The van der Waals surface area contributed by atoms with Gasteiger partial charge < -0.3 is 24.8 Å². The third-order valence-electron chi connectivity index (χ3n) is 13.2. The van der Waals surface area contributed by atoms with Gasteiger partial charge in [-0.15, -0.1) is 0 Å². The summed E-state index contributed by atoms with van der Waals surface area (Å²) in [4.78, 5) is 0. The summed E-state index contributed by atoms with van der Waals surface area (Å²) in [5, 5.41) is 0. The van der Waals surface area contributed by atoms with E-state index in [0.717, 1.165) is 17.8 Å². The van der Waals surface area contributed by atoms with Gasteiger partial charge in [-0.05, 0) is 0 Å². The van der Waals surface area contributed by atoms with Crippen molar-refractivity contribution < 1.29 is 47.6 Å². The molecule has 2 aromatic carbocycles. The molecule has 4 bridgehead atoms. The molecule has 5 fully saturated rings. The Morgan fingerprint density at radius 3 is 1.87 bits per heavy atom. The van der Waals surface area contributed by atoms with Crippen LogP contribution in [0.5, 0.6) is 0 Å². The summed E-state index contributed by atoms with van der Waals surface area (Å²) in [7, 11) is 0. The van der Waals surface area contributed by atoms with Gasteiger partial charge in [-0.3, -0.25) is 0 Å². The molecular weight excluding hydrogens is 691 g/mol. The molecule has 0 aliphatic heterocycles. The van der Waals surface area contributed by atoms with Gasteiger partial charge in [0.2, 0.25) is 0 Å². The van der Waals surface area contributed by atoms with Crippen molar-refractivity contribution in [3.63, 3.8) is 0 Å². The smallest absolute Gasteiger partial charge is 1.00 e. The molecule has 7 aliphatic carbocycles. The summed E-state index contributed by atoms with van der Waals surface area (Å²) in [6, 6.07) is 13.1. The number of fused-ring (bicyclic) bond motifs is 3. The van der Waals surface area contributed by atoms with E-state index < -0.39 is 22.8 Å². The molecule has 3 heteroatoms. The van der Waals surface area contributed by atoms with Crippen LogP contribution < -0.4 is 24.8 Å². The molecule has 2 atom stereocenters. The SMILES string of the molecule is CC1=C(c2cc3c(cc2C(C)(C)C)[CH]([Zr+2]=[C]2CCCCC2)c2cc(C(C)(C)C)ccc2-3)C(C)C=C1C12CC3CC(CC(C3)C1)C2.[Cl-].[Cl-]. The number of benzene rings is 2. The Labute approximate surface area is 310 Å². The third kappa shape index (κ3) is 6.16. The largest absolute Gasteiger partial charge is 1.00 e. The van der Waals surface area contributed by atoms with Crippen LogP contribution >= 0.6 is 0 Å². The minimum atomic E-state index is -0.748. The van der Waals surface area contributed by atoms with Crippen LogP contribution in [0.2, 0.25) is 0 Å². The van der Waals surface area contributed by atoms with Gasteiger partial charge in [0.1, 0.15) is 0 Å². The number of hydrogen-bond acceptors (Lipinski definition) is 0. The third-order valence-corrected chi connectivity index (χ3v) is 17.7. The van der Waals surface area contributed by atoms with Gasteiger partial charge in [0.05, 0.1) is 0 Å². The molecule has 47 heavy (non-hydrogen) atoms. The van der Waals surface area contributed by atoms with E-state index in [1.54, 1.807) is 50.1 Å². The minimum absolute atomic E-state index is 0. The molecule has 0 saturated heterocycles. The summed E-state index contributed by atoms with van der Waals surface area (Å²) in [6.45, 7) is 19.7.